The van der Waals surface area contributed by atoms with Crippen LogP contribution in [0.1, 0.15) is 0 Å². The van der Waals surface area contributed by atoms with E-state index in [0.29, 0.717) is 0 Å². The fraction of sp³-hybridized carbons (Fsp3) is 0.800. The molecule has 1 fully saturated rings. The van der Waals surface area contributed by atoms with Crippen LogP contribution in [0, 0.1) is 0 Å². The molecule has 0 aliphatic carbocycles. The van der Waals surface area contributed by atoms with Gasteiger partial charge in [-0.25, -0.2) is 0 Å². The summed E-state index contributed by atoms with van der Waals surface area (Å²) in [6, 6.07) is 0. The van der Waals surface area contributed by atoms with Crippen molar-refractivity contribution in [2.24, 2.45) is 0 Å². The molecule has 88 valence electrons. The summed E-state index contributed by atoms with van der Waals surface area (Å²) < 4.78 is 89.6. The summed E-state index contributed by atoms with van der Waals surface area (Å²) >= 11 is 0. The Bertz CT molecular complexity index is 272. The van der Waals surface area contributed by atoms with Crippen LogP contribution >= 0.6 is 0 Å². The van der Waals surface area contributed by atoms with Crippen LogP contribution in [0.25, 0.3) is 0 Å². The van der Waals surface area contributed by atoms with Crippen molar-refractivity contribution in [1.82, 2.24) is 0 Å². The van der Waals surface area contributed by atoms with Crippen LogP contribution in [0.15, 0.2) is 0 Å². The van der Waals surface area contributed by atoms with Crippen LogP contribution in [0.4, 0.5) is 30.7 Å². The molecule has 0 N–H and O–H groups in total. The molecule has 3 nitrogen and oxygen atoms in total. The third-order valence-corrected chi connectivity index (χ3v) is 1.39. The Labute approximate surface area is 108 Å². The van der Waals surface area contributed by atoms with Crippen molar-refractivity contribution in [3.05, 3.63) is 0 Å². The first-order valence-electron chi connectivity index (χ1n) is 3.09. The molecular weight excluding hydrogens is 330 g/mol. The molecule has 1 heterocycles. The van der Waals surface area contributed by atoms with Gasteiger partial charge < -0.3 is 4.79 Å². The normalized spacial score (nSPS) is 25.9. The van der Waals surface area contributed by atoms with Crippen molar-refractivity contribution < 1.29 is 77.7 Å². The van der Waals surface area contributed by atoms with Crippen molar-refractivity contribution >= 4 is 6.29 Å². The van der Waals surface area contributed by atoms with E-state index in [0.717, 1.165) is 0 Å². The van der Waals surface area contributed by atoms with Crippen molar-refractivity contribution in [2.75, 3.05) is 0 Å². The second-order valence-corrected chi connectivity index (χ2v) is 2.45. The molecule has 0 saturated carbocycles. The Balaban J connectivity index is 0.00000225. The molecule has 0 radical (unpaired) electrons. The van der Waals surface area contributed by atoms with E-state index in [1.165, 1.54) is 0 Å². The molecule has 0 bridgehead atoms. The maximum Gasteiger partial charge on any atom is 3.00 e. The Morgan fingerprint density at radius 2 is 1.25 bits per heavy atom. The quantitative estimate of drug-likeness (QED) is 0.541. The van der Waals surface area contributed by atoms with Crippen LogP contribution in [0.3, 0.4) is 0 Å². The number of hydrogen-bond donors (Lipinski definition) is 0. The van der Waals surface area contributed by atoms with Crippen LogP contribution in [-0.4, -0.2) is 30.5 Å². The molecule has 0 spiro atoms. The van der Waals surface area contributed by atoms with E-state index in [9.17, 15) is 35.5 Å². The average molecular weight is 330 g/mol. The van der Waals surface area contributed by atoms with Gasteiger partial charge >= 0.3 is 51.1 Å². The van der Waals surface area contributed by atoms with Gasteiger partial charge in [-0.3, -0.25) is 9.47 Å². The molecule has 0 atom stereocenters. The molecule has 1 rings (SSSR count). The maximum absolute atomic E-state index is 12.2. The topological polar surface area (TPSA) is 35.5 Å². The molecule has 1 aliphatic rings. The van der Waals surface area contributed by atoms with Crippen LogP contribution in [0.2, 0.25) is 0 Å². The third-order valence-electron chi connectivity index (χ3n) is 1.39. The number of halogens is 7. The van der Waals surface area contributed by atoms with Crippen molar-refractivity contribution in [1.29, 1.82) is 0 Å². The zero-order chi connectivity index (χ0) is 12.1. The minimum atomic E-state index is -5.89. The Morgan fingerprint density at radius 3 is 1.38 bits per heavy atom. The van der Waals surface area contributed by atoms with Gasteiger partial charge in [0.2, 0.25) is 0 Å². The molecule has 0 aromatic heterocycles. The van der Waals surface area contributed by atoms with E-state index in [-0.39, 0.29) is 39.0 Å². The van der Waals surface area contributed by atoms with Crippen molar-refractivity contribution in [3.8, 4) is 0 Å². The van der Waals surface area contributed by atoms with Crippen LogP contribution in [-0.2, 0) is 47.0 Å². The van der Waals surface area contributed by atoms with Gasteiger partial charge in [0.15, 0.2) is 5.79 Å². The van der Waals surface area contributed by atoms with E-state index >= 15 is 0 Å². The molecule has 16 heavy (non-hydrogen) atoms. The molecule has 0 amide bonds. The molecule has 1 saturated heterocycles. The summed E-state index contributed by atoms with van der Waals surface area (Å²) in [5, 5.41) is 0. The van der Waals surface area contributed by atoms with Gasteiger partial charge in [0.1, 0.15) is 0 Å². The van der Waals surface area contributed by atoms with E-state index < -0.39 is 24.2 Å². The number of rotatable bonds is 1. The molecule has 11 heteroatoms. The predicted molar refractivity (Wildman–Crippen MR) is 26.5 cm³/mol. The third kappa shape index (κ3) is 2.25. The van der Waals surface area contributed by atoms with Crippen molar-refractivity contribution in [3.63, 3.8) is 0 Å². The number of alkyl halides is 7. The minimum Gasteiger partial charge on any atom is -0.536 e. The monoisotopic (exact) mass is 330 g/mol. The Morgan fingerprint density at radius 1 is 0.938 bits per heavy atom. The second-order valence-electron chi connectivity index (χ2n) is 2.45. The Hall–Kier alpha value is 0.204. The van der Waals surface area contributed by atoms with Gasteiger partial charge in [-0.2, -0.15) is 37.0 Å². The zero-order valence-corrected chi connectivity index (χ0v) is 9.79. The van der Waals surface area contributed by atoms with E-state index in [1.54, 1.807) is 0 Å². The summed E-state index contributed by atoms with van der Waals surface area (Å²) in [5.41, 5.74) is 0. The van der Waals surface area contributed by atoms with Crippen LogP contribution in [0.5, 0.6) is 0 Å². The SMILES string of the molecule is O=[C-]C1(C(F)(F)F)OC(F)(F)C(F)(F)O1.[Y+3]. The average Bonchev–Trinajstić information content (AvgIpc) is 2.17. The number of ether oxygens (including phenoxy) is 2. The first-order valence-corrected chi connectivity index (χ1v) is 3.09. The van der Waals surface area contributed by atoms with Gasteiger partial charge in [-0.05, 0) is 0 Å². The predicted octanol–water partition coefficient (Wildman–Crippen LogP) is 1.58. The largest absolute Gasteiger partial charge is 3.00 e. The molecule has 0 aromatic rings. The summed E-state index contributed by atoms with van der Waals surface area (Å²) in [7, 11) is 0. The van der Waals surface area contributed by atoms with E-state index in [2.05, 4.69) is 9.47 Å². The summed E-state index contributed by atoms with van der Waals surface area (Å²) in [5.74, 6) is -4.76. The molecular formula is C5F7O3Y+2. The Kier molecular flexibility index (Phi) is 4.20. The standard InChI is InChI=1S/C5F7O3.Y/c6-3(7,8)2(1-13)14-4(9,10)5(11,12)15-2;/q-1;+3. The molecule has 0 unspecified atom stereocenters. The van der Waals surface area contributed by atoms with Gasteiger partial charge in [0.25, 0.3) is 0 Å². The number of hydrogen-bond acceptors (Lipinski definition) is 3. The first kappa shape index (κ1) is 16.2. The molecule has 1 aliphatic heterocycles. The zero-order valence-electron chi connectivity index (χ0n) is 6.95. The van der Waals surface area contributed by atoms with Gasteiger partial charge in [-0.15, -0.1) is 0 Å². The fourth-order valence-corrected chi connectivity index (χ4v) is 0.716. The summed E-state index contributed by atoms with van der Waals surface area (Å²) in [4.78, 5) is 9.79. The summed E-state index contributed by atoms with van der Waals surface area (Å²) in [6.07, 6.45) is -17.2. The van der Waals surface area contributed by atoms with Gasteiger partial charge in [-0.1, -0.05) is 0 Å². The van der Waals surface area contributed by atoms with Gasteiger partial charge in [0, 0.05) is 0 Å². The maximum atomic E-state index is 12.2. The summed E-state index contributed by atoms with van der Waals surface area (Å²) in [6.45, 7) is 0. The smallest absolute Gasteiger partial charge is 0.536 e. The van der Waals surface area contributed by atoms with E-state index in [4.69, 9.17) is 0 Å². The van der Waals surface area contributed by atoms with E-state index in [1.807, 2.05) is 0 Å². The first-order chi connectivity index (χ1) is 6.47. The van der Waals surface area contributed by atoms with Gasteiger partial charge in [0.05, 0.1) is 0 Å². The second kappa shape index (κ2) is 4.14. The van der Waals surface area contributed by atoms with Crippen LogP contribution < -0.4 is 0 Å². The number of carbonyl (C=O) groups excluding carboxylic acids is 1. The molecule has 0 aromatic carbocycles. The minimum absolute atomic E-state index is 0. The van der Waals surface area contributed by atoms with Crippen molar-refractivity contribution in [2.45, 2.75) is 24.2 Å². The fourth-order valence-electron chi connectivity index (χ4n) is 0.716.